The van der Waals surface area contributed by atoms with Crippen LogP contribution in [0.1, 0.15) is 20.8 Å². The van der Waals surface area contributed by atoms with E-state index in [9.17, 15) is 18.0 Å². The van der Waals surface area contributed by atoms with Gasteiger partial charge in [0.2, 0.25) is 0 Å². The molecule has 6 nitrogen and oxygen atoms in total. The molecular formula is C29H27F3O6S2. The van der Waals surface area contributed by atoms with Crippen LogP contribution in [0, 0.1) is 0 Å². The predicted octanol–water partition coefficient (Wildman–Crippen LogP) is 6.71. The topological polar surface area (TPSA) is 92.7 Å². The number of benzene rings is 4. The van der Waals surface area contributed by atoms with E-state index >= 15 is 0 Å². The predicted molar refractivity (Wildman–Crippen MR) is 146 cm³/mol. The highest BCUT2D eigenvalue weighted by Gasteiger charge is 2.37. The second kappa shape index (κ2) is 12.8. The third kappa shape index (κ3) is 8.48. The van der Waals surface area contributed by atoms with Crippen LogP contribution >= 0.6 is 0 Å². The Bertz CT molecular complexity index is 1500. The molecule has 11 heteroatoms. The molecule has 0 aliphatic carbocycles. The minimum atomic E-state index is -6.09. The highest BCUT2D eigenvalue weighted by Crippen LogP contribution is 2.38. The van der Waals surface area contributed by atoms with E-state index in [2.05, 4.69) is 60.7 Å². The molecule has 0 atom stereocenters. The molecule has 0 spiro atoms. The maximum absolute atomic E-state index is 12.2. The van der Waals surface area contributed by atoms with Crippen LogP contribution in [0.25, 0.3) is 10.8 Å². The summed E-state index contributed by atoms with van der Waals surface area (Å²) in [6, 6.07) is 33.4. The SMILES string of the molecule is CC(C)(C)OC(=O)COc1ccc([S+](c2ccccc2)c2ccccc2)c2ccccc12.O=S(=O)([O-])C(F)(F)F. The van der Waals surface area contributed by atoms with Gasteiger partial charge in [0.1, 0.15) is 11.4 Å². The fourth-order valence-electron chi connectivity index (χ4n) is 3.56. The van der Waals surface area contributed by atoms with Crippen LogP contribution in [0.5, 0.6) is 5.75 Å². The molecule has 4 aromatic rings. The molecule has 0 radical (unpaired) electrons. The van der Waals surface area contributed by atoms with Crippen molar-refractivity contribution in [3.63, 3.8) is 0 Å². The molecule has 0 aromatic heterocycles. The number of carbonyl (C=O) groups excluding carboxylic acids is 1. The van der Waals surface area contributed by atoms with Crippen molar-refractivity contribution >= 4 is 37.8 Å². The number of ether oxygens (including phenoxy) is 2. The van der Waals surface area contributed by atoms with Crippen molar-refractivity contribution in [3.8, 4) is 5.75 Å². The molecule has 40 heavy (non-hydrogen) atoms. The summed E-state index contributed by atoms with van der Waals surface area (Å²) in [6.07, 6.45) is 0. The van der Waals surface area contributed by atoms with E-state index in [0.717, 1.165) is 10.8 Å². The van der Waals surface area contributed by atoms with Crippen molar-refractivity contribution in [2.24, 2.45) is 0 Å². The fraction of sp³-hybridized carbons (Fsp3) is 0.207. The number of rotatable bonds is 6. The van der Waals surface area contributed by atoms with Crippen LogP contribution in [0.15, 0.2) is 112 Å². The first-order chi connectivity index (χ1) is 18.7. The van der Waals surface area contributed by atoms with Gasteiger partial charge in [-0.15, -0.1) is 0 Å². The Balaban J connectivity index is 0.000000482. The highest BCUT2D eigenvalue weighted by atomic mass is 32.2. The van der Waals surface area contributed by atoms with E-state index in [1.807, 2.05) is 57.2 Å². The molecule has 0 heterocycles. The third-order valence-electron chi connectivity index (χ3n) is 5.07. The van der Waals surface area contributed by atoms with Crippen LogP contribution in [-0.4, -0.2) is 36.7 Å². The first-order valence-corrected chi connectivity index (χ1v) is 14.5. The van der Waals surface area contributed by atoms with Crippen molar-refractivity contribution < 1.29 is 40.4 Å². The number of fused-ring (bicyclic) bond motifs is 1. The van der Waals surface area contributed by atoms with Crippen molar-refractivity contribution in [1.29, 1.82) is 0 Å². The summed E-state index contributed by atoms with van der Waals surface area (Å²) in [5.74, 6) is 0.305. The number of hydrogen-bond donors (Lipinski definition) is 0. The quantitative estimate of drug-likeness (QED) is 0.107. The van der Waals surface area contributed by atoms with E-state index in [1.165, 1.54) is 14.7 Å². The fourth-order valence-corrected chi connectivity index (χ4v) is 5.80. The van der Waals surface area contributed by atoms with Gasteiger partial charge in [0.05, 0.1) is 10.9 Å². The smallest absolute Gasteiger partial charge is 0.485 e. The van der Waals surface area contributed by atoms with Gasteiger partial charge in [-0.2, -0.15) is 13.2 Å². The molecule has 0 bridgehead atoms. The first kappa shape index (κ1) is 31.0. The monoisotopic (exact) mass is 592 g/mol. The Labute approximate surface area is 233 Å². The molecule has 0 saturated heterocycles. The second-order valence-electron chi connectivity index (χ2n) is 9.31. The summed E-state index contributed by atoms with van der Waals surface area (Å²) < 4.78 is 70.2. The summed E-state index contributed by atoms with van der Waals surface area (Å²) in [7, 11) is -6.36. The number of alkyl halides is 3. The first-order valence-electron chi connectivity index (χ1n) is 11.9. The molecule has 0 aliphatic rings. The van der Waals surface area contributed by atoms with E-state index in [-0.39, 0.29) is 23.5 Å². The van der Waals surface area contributed by atoms with Gasteiger partial charge in [-0.3, -0.25) is 0 Å². The van der Waals surface area contributed by atoms with Gasteiger partial charge in [-0.05, 0) is 63.2 Å². The Kier molecular flexibility index (Phi) is 9.88. The zero-order valence-electron chi connectivity index (χ0n) is 21.8. The number of hydrogen-bond acceptors (Lipinski definition) is 6. The van der Waals surface area contributed by atoms with Gasteiger partial charge in [0.15, 0.2) is 31.4 Å². The van der Waals surface area contributed by atoms with Crippen molar-refractivity contribution in [1.82, 2.24) is 0 Å². The standard InChI is InChI=1S/C28H27O3S.CHF3O3S/c1-28(2,3)31-27(29)20-30-25-18-19-26(24-17-11-10-16-23(24)25)32(21-12-6-4-7-13-21)22-14-8-5-9-15-22;2-1(3,4)8(5,6)7/h4-19H,20H2,1-3H3;(H,5,6,7)/q+1;/p-1. The van der Waals surface area contributed by atoms with E-state index < -0.39 is 21.2 Å². The number of esters is 1. The van der Waals surface area contributed by atoms with Crippen LogP contribution in [0.3, 0.4) is 0 Å². The van der Waals surface area contributed by atoms with E-state index in [4.69, 9.17) is 22.4 Å². The van der Waals surface area contributed by atoms with Crippen molar-refractivity contribution in [2.75, 3.05) is 6.61 Å². The van der Waals surface area contributed by atoms with Gasteiger partial charge in [0.25, 0.3) is 0 Å². The molecule has 212 valence electrons. The zero-order chi connectivity index (χ0) is 29.6. The lowest BCUT2D eigenvalue weighted by Gasteiger charge is -2.19. The summed E-state index contributed by atoms with van der Waals surface area (Å²) in [4.78, 5) is 15.9. The van der Waals surface area contributed by atoms with Gasteiger partial charge >= 0.3 is 11.5 Å². The molecule has 4 aromatic carbocycles. The maximum atomic E-state index is 12.2. The van der Waals surface area contributed by atoms with E-state index in [1.54, 1.807) is 0 Å². The minimum absolute atomic E-state index is 0.121. The molecule has 0 amide bonds. The third-order valence-corrected chi connectivity index (χ3v) is 7.92. The molecular weight excluding hydrogens is 565 g/mol. The summed E-state index contributed by atoms with van der Waals surface area (Å²) in [5, 5.41) is 2.10. The zero-order valence-corrected chi connectivity index (χ0v) is 23.5. The van der Waals surface area contributed by atoms with Crippen LogP contribution in [0.2, 0.25) is 0 Å². The Morgan fingerprint density at radius 2 is 1.23 bits per heavy atom. The Morgan fingerprint density at radius 1 is 0.775 bits per heavy atom. The lowest BCUT2D eigenvalue weighted by atomic mass is 10.1. The van der Waals surface area contributed by atoms with Crippen LogP contribution in [0.4, 0.5) is 13.2 Å². The minimum Gasteiger partial charge on any atom is -0.741 e. The second-order valence-corrected chi connectivity index (χ2v) is 12.7. The Hall–Kier alpha value is -3.54. The van der Waals surface area contributed by atoms with Gasteiger partial charge in [0, 0.05) is 10.8 Å². The normalized spacial score (nSPS) is 12.0. The summed E-state index contributed by atoms with van der Waals surface area (Å²) in [5.41, 5.74) is -6.18. The molecule has 0 N–H and O–H groups in total. The van der Waals surface area contributed by atoms with Crippen molar-refractivity contribution in [2.45, 2.75) is 46.6 Å². The number of carbonyl (C=O) groups is 1. The number of halogens is 3. The molecule has 4 rings (SSSR count). The van der Waals surface area contributed by atoms with Gasteiger partial charge < -0.3 is 14.0 Å². The van der Waals surface area contributed by atoms with Crippen LogP contribution in [-0.2, 0) is 30.5 Å². The van der Waals surface area contributed by atoms with Crippen molar-refractivity contribution in [3.05, 3.63) is 97.1 Å². The molecule has 0 unspecified atom stereocenters. The van der Waals surface area contributed by atoms with E-state index in [0.29, 0.717) is 5.75 Å². The molecule has 0 saturated carbocycles. The highest BCUT2D eigenvalue weighted by molar-refractivity contribution is 7.97. The average molecular weight is 593 g/mol. The Morgan fingerprint density at radius 3 is 1.68 bits per heavy atom. The average Bonchev–Trinajstić information content (AvgIpc) is 2.88. The summed E-state index contributed by atoms with van der Waals surface area (Å²) in [6.45, 7) is 5.43. The lowest BCUT2D eigenvalue weighted by Crippen LogP contribution is -2.27. The molecule has 0 fully saturated rings. The lowest BCUT2D eigenvalue weighted by molar-refractivity contribution is -0.157. The van der Waals surface area contributed by atoms with Gasteiger partial charge in [-0.1, -0.05) is 54.6 Å². The van der Waals surface area contributed by atoms with Gasteiger partial charge in [-0.25, -0.2) is 13.2 Å². The maximum Gasteiger partial charge on any atom is 0.485 e. The summed E-state index contributed by atoms with van der Waals surface area (Å²) >= 11 is 0. The largest absolute Gasteiger partial charge is 0.741 e. The molecule has 0 aliphatic heterocycles. The van der Waals surface area contributed by atoms with Crippen LogP contribution < -0.4 is 4.74 Å².